The minimum absolute atomic E-state index is 0.462. The fourth-order valence-corrected chi connectivity index (χ4v) is 3.67. The monoisotopic (exact) mass is 378 g/mol. The van der Waals surface area contributed by atoms with Crippen LogP contribution in [0.15, 0.2) is 40.9 Å². The van der Waals surface area contributed by atoms with Gasteiger partial charge < -0.3 is 14.7 Å². The van der Waals surface area contributed by atoms with Crippen molar-refractivity contribution in [2.45, 2.75) is 38.6 Å². The van der Waals surface area contributed by atoms with Gasteiger partial charge in [-0.25, -0.2) is 9.97 Å². The highest BCUT2D eigenvalue weighted by molar-refractivity contribution is 5.37. The maximum atomic E-state index is 5.37. The van der Waals surface area contributed by atoms with Crippen LogP contribution in [-0.4, -0.2) is 45.1 Å². The van der Waals surface area contributed by atoms with Crippen molar-refractivity contribution in [3.05, 3.63) is 65.2 Å². The molecule has 4 rings (SSSR count). The van der Waals surface area contributed by atoms with Gasteiger partial charge in [0.05, 0.1) is 18.7 Å². The van der Waals surface area contributed by atoms with Gasteiger partial charge in [-0.2, -0.15) is 4.98 Å². The minimum Gasteiger partial charge on any atom is -0.363 e. The van der Waals surface area contributed by atoms with E-state index in [2.05, 4.69) is 55.6 Å². The van der Waals surface area contributed by atoms with Crippen LogP contribution in [-0.2, 0) is 13.0 Å². The average Bonchev–Trinajstić information content (AvgIpc) is 3.14. The molecule has 28 heavy (non-hydrogen) atoms. The fourth-order valence-electron chi connectivity index (χ4n) is 3.67. The molecule has 1 aliphatic heterocycles. The molecule has 0 radical (unpaired) electrons. The van der Waals surface area contributed by atoms with Crippen LogP contribution >= 0.6 is 0 Å². The molecule has 0 bridgehead atoms. The summed E-state index contributed by atoms with van der Waals surface area (Å²) in [4.78, 5) is 16.0. The number of hydrogen-bond donors (Lipinski definition) is 1. The van der Waals surface area contributed by atoms with Crippen LogP contribution in [0.4, 0.5) is 5.82 Å². The Bertz CT molecular complexity index is 910. The lowest BCUT2D eigenvalue weighted by atomic mass is 9.95. The van der Waals surface area contributed by atoms with Crippen molar-refractivity contribution < 1.29 is 4.52 Å². The molecule has 1 aliphatic rings. The normalized spacial score (nSPS) is 17.6. The first-order chi connectivity index (χ1) is 13.7. The van der Waals surface area contributed by atoms with E-state index in [0.29, 0.717) is 30.6 Å². The Morgan fingerprint density at radius 2 is 2.04 bits per heavy atom. The predicted molar refractivity (Wildman–Crippen MR) is 107 cm³/mol. The predicted octanol–water partition coefficient (Wildman–Crippen LogP) is 3.18. The average molecular weight is 378 g/mol. The number of rotatable bonds is 6. The second-order valence-electron chi connectivity index (χ2n) is 7.45. The highest BCUT2D eigenvalue weighted by Crippen LogP contribution is 2.26. The van der Waals surface area contributed by atoms with Crippen molar-refractivity contribution in [2.24, 2.45) is 0 Å². The lowest BCUT2D eigenvalue weighted by Crippen LogP contribution is -2.31. The number of aryl methyl sites for hydroxylation is 1. The first-order valence-electron chi connectivity index (χ1n) is 9.79. The quantitative estimate of drug-likeness (QED) is 0.705. The van der Waals surface area contributed by atoms with Gasteiger partial charge in [-0.1, -0.05) is 35.5 Å². The minimum atomic E-state index is 0.462. The highest BCUT2D eigenvalue weighted by atomic mass is 16.5. The van der Waals surface area contributed by atoms with Gasteiger partial charge in [0, 0.05) is 18.5 Å². The lowest BCUT2D eigenvalue weighted by molar-refractivity contribution is 0.248. The van der Waals surface area contributed by atoms with Crippen molar-refractivity contribution in [3.63, 3.8) is 0 Å². The maximum absolute atomic E-state index is 5.37. The summed E-state index contributed by atoms with van der Waals surface area (Å²) in [5, 5.41) is 7.39. The molecule has 0 saturated carbocycles. The summed E-state index contributed by atoms with van der Waals surface area (Å²) in [6.45, 7) is 4.62. The van der Waals surface area contributed by atoms with E-state index in [9.17, 15) is 0 Å². The molecule has 2 aromatic heterocycles. The van der Waals surface area contributed by atoms with Crippen molar-refractivity contribution >= 4 is 5.82 Å². The molecule has 3 heterocycles. The van der Waals surface area contributed by atoms with Gasteiger partial charge >= 0.3 is 0 Å². The molecular weight excluding hydrogens is 352 g/mol. The first-order valence-corrected chi connectivity index (χ1v) is 9.79. The molecule has 1 atom stereocenters. The van der Waals surface area contributed by atoms with E-state index in [4.69, 9.17) is 4.52 Å². The van der Waals surface area contributed by atoms with Gasteiger partial charge in [-0.3, -0.25) is 0 Å². The third kappa shape index (κ3) is 4.72. The number of nitrogens with zero attached hydrogens (tertiary/aromatic N) is 5. The molecule has 3 aromatic rings. The van der Waals surface area contributed by atoms with Crippen LogP contribution in [0, 0.1) is 6.92 Å². The van der Waals surface area contributed by atoms with Crippen LogP contribution in [0.3, 0.4) is 0 Å². The highest BCUT2D eigenvalue weighted by Gasteiger charge is 2.21. The zero-order valence-electron chi connectivity index (χ0n) is 16.4. The molecule has 7 heteroatoms. The molecule has 0 amide bonds. The second-order valence-corrected chi connectivity index (χ2v) is 7.45. The summed E-state index contributed by atoms with van der Waals surface area (Å²) in [6.07, 6.45) is 3.02. The zero-order valence-corrected chi connectivity index (χ0v) is 16.4. The summed E-state index contributed by atoms with van der Waals surface area (Å²) in [5.41, 5.74) is 2.26. The first kappa shape index (κ1) is 18.6. The number of likely N-dealkylation sites (tertiary alicyclic amines) is 1. The molecule has 146 valence electrons. The summed E-state index contributed by atoms with van der Waals surface area (Å²) in [6, 6.07) is 12.2. The SMILES string of the molecule is Cc1nc(NCc2noc(Cc3ccccc3)n2)cc([C@H]2CCCN(C)C2)n1. The van der Waals surface area contributed by atoms with E-state index >= 15 is 0 Å². The van der Waals surface area contributed by atoms with Gasteiger partial charge in [-0.05, 0) is 38.9 Å². The Hall–Kier alpha value is -2.80. The van der Waals surface area contributed by atoms with Crippen LogP contribution in [0.2, 0.25) is 0 Å². The van der Waals surface area contributed by atoms with Gasteiger partial charge in [0.1, 0.15) is 11.6 Å². The lowest BCUT2D eigenvalue weighted by Gasteiger charge is -2.29. The molecule has 7 nitrogen and oxygen atoms in total. The van der Waals surface area contributed by atoms with Gasteiger partial charge in [-0.15, -0.1) is 0 Å². The number of hydrogen-bond acceptors (Lipinski definition) is 7. The number of aromatic nitrogens is 4. The molecule has 0 unspecified atom stereocenters. The molecule has 0 spiro atoms. The molecule has 1 N–H and O–H groups in total. The number of nitrogens with one attached hydrogen (secondary N) is 1. The van der Waals surface area contributed by atoms with Crippen LogP contribution in [0.25, 0.3) is 0 Å². The smallest absolute Gasteiger partial charge is 0.231 e. The van der Waals surface area contributed by atoms with E-state index in [1.54, 1.807) is 0 Å². The Kier molecular flexibility index (Phi) is 5.62. The van der Waals surface area contributed by atoms with Crippen LogP contribution in [0.1, 0.15) is 47.6 Å². The van der Waals surface area contributed by atoms with Crippen LogP contribution < -0.4 is 5.32 Å². The molecule has 0 aliphatic carbocycles. The standard InChI is InChI=1S/C21H26N6O/c1-15-23-18(17-9-6-10-27(2)14-17)12-19(24-15)22-13-20-25-21(28-26-20)11-16-7-4-3-5-8-16/h3-5,7-8,12,17H,6,9-11,13-14H2,1-2H3,(H,22,23,24)/t17-/m0/s1. The molecular formula is C21H26N6O. The number of benzene rings is 1. The largest absolute Gasteiger partial charge is 0.363 e. The summed E-state index contributed by atoms with van der Waals surface area (Å²) in [7, 11) is 2.17. The van der Waals surface area contributed by atoms with E-state index < -0.39 is 0 Å². The van der Waals surface area contributed by atoms with E-state index in [0.717, 1.165) is 36.0 Å². The van der Waals surface area contributed by atoms with Crippen LogP contribution in [0.5, 0.6) is 0 Å². The van der Waals surface area contributed by atoms with Crippen molar-refractivity contribution in [1.82, 2.24) is 25.0 Å². The second kappa shape index (κ2) is 8.48. The molecule has 1 saturated heterocycles. The maximum Gasteiger partial charge on any atom is 0.231 e. The summed E-state index contributed by atoms with van der Waals surface area (Å²) in [5.74, 6) is 3.30. The third-order valence-corrected chi connectivity index (χ3v) is 5.04. The third-order valence-electron chi connectivity index (χ3n) is 5.04. The Balaban J connectivity index is 1.39. The van der Waals surface area contributed by atoms with Crippen molar-refractivity contribution in [2.75, 3.05) is 25.5 Å². The van der Waals surface area contributed by atoms with Crippen molar-refractivity contribution in [3.8, 4) is 0 Å². The molecule has 1 fully saturated rings. The Morgan fingerprint density at radius 3 is 2.86 bits per heavy atom. The Labute approximate surface area is 165 Å². The van der Waals surface area contributed by atoms with Gasteiger partial charge in [0.15, 0.2) is 5.82 Å². The number of anilines is 1. The summed E-state index contributed by atoms with van der Waals surface area (Å²) < 4.78 is 5.37. The number of piperidine rings is 1. The van der Waals surface area contributed by atoms with E-state index in [1.165, 1.54) is 12.8 Å². The Morgan fingerprint density at radius 1 is 1.18 bits per heavy atom. The van der Waals surface area contributed by atoms with Crippen molar-refractivity contribution in [1.29, 1.82) is 0 Å². The zero-order chi connectivity index (χ0) is 19.3. The molecule has 1 aromatic carbocycles. The van der Waals surface area contributed by atoms with Gasteiger partial charge in [0.25, 0.3) is 0 Å². The van der Waals surface area contributed by atoms with E-state index in [-0.39, 0.29) is 0 Å². The van der Waals surface area contributed by atoms with Gasteiger partial charge in [0.2, 0.25) is 5.89 Å². The number of likely N-dealkylation sites (N-methyl/N-ethyl adjacent to an activating group) is 1. The topological polar surface area (TPSA) is 80.0 Å². The fraction of sp³-hybridized carbons (Fsp3) is 0.429. The summed E-state index contributed by atoms with van der Waals surface area (Å²) >= 11 is 0. The van der Waals surface area contributed by atoms with E-state index in [1.807, 2.05) is 25.1 Å².